The van der Waals surface area contributed by atoms with Gasteiger partial charge in [0.2, 0.25) is 11.8 Å². The van der Waals surface area contributed by atoms with Crippen LogP contribution in [-0.4, -0.2) is 42.6 Å². The van der Waals surface area contributed by atoms with Gasteiger partial charge < -0.3 is 20.1 Å². The summed E-state index contributed by atoms with van der Waals surface area (Å²) >= 11 is 1.46. The van der Waals surface area contributed by atoms with Gasteiger partial charge in [0.05, 0.1) is 5.75 Å². The number of thioether (sulfide) groups is 1. The maximum absolute atomic E-state index is 12.1. The van der Waals surface area contributed by atoms with Crippen molar-refractivity contribution < 1.29 is 19.1 Å². The number of nitrogens with one attached hydrogen (secondary N) is 2. The number of anilines is 1. The molecule has 106 valence electrons. The topological polar surface area (TPSA) is 76.7 Å². The third kappa shape index (κ3) is 2.82. The molecule has 20 heavy (non-hydrogen) atoms. The number of benzene rings is 1. The number of carbonyl (C=O) groups excluding carboxylic acids is 2. The molecule has 1 atom stereocenters. The molecular weight excluding hydrogens is 280 g/mol. The van der Waals surface area contributed by atoms with Crippen molar-refractivity contribution in [2.45, 2.75) is 6.04 Å². The van der Waals surface area contributed by atoms with Crippen LogP contribution in [0.2, 0.25) is 0 Å². The first-order valence-electron chi connectivity index (χ1n) is 6.30. The Balaban J connectivity index is 1.68. The summed E-state index contributed by atoms with van der Waals surface area (Å²) in [6, 6.07) is 4.75. The first-order chi connectivity index (χ1) is 9.72. The fourth-order valence-electron chi connectivity index (χ4n) is 2.04. The summed E-state index contributed by atoms with van der Waals surface area (Å²) in [6.45, 7) is 1.03. The van der Waals surface area contributed by atoms with Gasteiger partial charge in [-0.1, -0.05) is 0 Å². The Morgan fingerprint density at radius 3 is 2.90 bits per heavy atom. The molecule has 0 bridgehead atoms. The molecule has 1 unspecified atom stereocenters. The lowest BCUT2D eigenvalue weighted by atomic mass is 10.2. The fraction of sp³-hybridized carbons (Fsp3) is 0.385. The van der Waals surface area contributed by atoms with Crippen LogP contribution in [0.3, 0.4) is 0 Å². The smallest absolute Gasteiger partial charge is 0.247 e. The molecular formula is C13H14N2O4S. The van der Waals surface area contributed by atoms with Crippen molar-refractivity contribution >= 4 is 29.3 Å². The van der Waals surface area contributed by atoms with Gasteiger partial charge in [-0.2, -0.15) is 0 Å². The Bertz CT molecular complexity index is 549. The van der Waals surface area contributed by atoms with E-state index in [-0.39, 0.29) is 11.8 Å². The molecule has 2 N–H and O–H groups in total. The Hall–Kier alpha value is -1.89. The second-order valence-electron chi connectivity index (χ2n) is 4.48. The number of rotatable bonds is 2. The van der Waals surface area contributed by atoms with E-state index < -0.39 is 6.04 Å². The summed E-state index contributed by atoms with van der Waals surface area (Å²) in [6.07, 6.45) is 0. The Labute approximate surface area is 120 Å². The van der Waals surface area contributed by atoms with E-state index in [1.54, 1.807) is 18.2 Å². The van der Waals surface area contributed by atoms with Crippen LogP contribution < -0.4 is 20.1 Å². The van der Waals surface area contributed by atoms with Crippen LogP contribution in [0, 0.1) is 0 Å². The van der Waals surface area contributed by atoms with E-state index >= 15 is 0 Å². The minimum absolute atomic E-state index is 0.108. The average Bonchev–Trinajstić information content (AvgIpc) is 2.47. The van der Waals surface area contributed by atoms with Crippen LogP contribution >= 0.6 is 11.8 Å². The van der Waals surface area contributed by atoms with E-state index in [9.17, 15) is 9.59 Å². The van der Waals surface area contributed by atoms with Crippen LogP contribution in [0.15, 0.2) is 18.2 Å². The lowest BCUT2D eigenvalue weighted by Gasteiger charge is -2.23. The number of hydrogen-bond acceptors (Lipinski definition) is 5. The molecule has 0 radical (unpaired) electrons. The van der Waals surface area contributed by atoms with Gasteiger partial charge in [-0.3, -0.25) is 9.59 Å². The average molecular weight is 294 g/mol. The normalized spacial score (nSPS) is 21.0. The third-order valence-corrected chi connectivity index (χ3v) is 4.01. The van der Waals surface area contributed by atoms with Crippen molar-refractivity contribution in [2.24, 2.45) is 0 Å². The van der Waals surface area contributed by atoms with Crippen molar-refractivity contribution in [3.05, 3.63) is 18.2 Å². The minimum Gasteiger partial charge on any atom is -0.486 e. The lowest BCUT2D eigenvalue weighted by Crippen LogP contribution is -2.49. The van der Waals surface area contributed by atoms with Crippen LogP contribution in [0.5, 0.6) is 11.5 Å². The van der Waals surface area contributed by atoms with E-state index in [0.29, 0.717) is 41.9 Å². The predicted octanol–water partition coefficient (Wildman–Crippen LogP) is 0.628. The van der Waals surface area contributed by atoms with E-state index in [0.717, 1.165) is 0 Å². The van der Waals surface area contributed by atoms with Gasteiger partial charge in [0.25, 0.3) is 0 Å². The first kappa shape index (κ1) is 13.1. The molecule has 2 amide bonds. The second-order valence-corrected chi connectivity index (χ2v) is 5.51. The van der Waals surface area contributed by atoms with E-state index in [1.165, 1.54) is 11.8 Å². The highest BCUT2D eigenvalue weighted by Gasteiger charge is 2.25. The quantitative estimate of drug-likeness (QED) is 0.836. The second kappa shape index (κ2) is 5.62. The molecule has 1 aromatic carbocycles. The molecule has 1 aromatic rings. The van der Waals surface area contributed by atoms with Gasteiger partial charge in [0.15, 0.2) is 11.5 Å². The Morgan fingerprint density at radius 1 is 1.30 bits per heavy atom. The van der Waals surface area contributed by atoms with E-state index in [1.807, 2.05) is 0 Å². The zero-order valence-corrected chi connectivity index (χ0v) is 11.5. The number of ether oxygens (including phenoxy) is 2. The minimum atomic E-state index is -0.491. The molecule has 1 saturated heterocycles. The molecule has 6 nitrogen and oxygen atoms in total. The lowest BCUT2D eigenvalue weighted by molar-refractivity contribution is -0.124. The zero-order valence-electron chi connectivity index (χ0n) is 10.7. The van der Waals surface area contributed by atoms with E-state index in [2.05, 4.69) is 10.6 Å². The molecule has 3 rings (SSSR count). The van der Waals surface area contributed by atoms with Crippen molar-refractivity contribution in [3.63, 3.8) is 0 Å². The number of amides is 2. The molecule has 1 fully saturated rings. The highest BCUT2D eigenvalue weighted by atomic mass is 32.2. The molecule has 2 aliphatic rings. The molecule has 0 aliphatic carbocycles. The number of hydrogen-bond donors (Lipinski definition) is 2. The summed E-state index contributed by atoms with van der Waals surface area (Å²) in [5.41, 5.74) is 0.629. The monoisotopic (exact) mass is 294 g/mol. The highest BCUT2D eigenvalue weighted by Crippen LogP contribution is 2.32. The van der Waals surface area contributed by atoms with Crippen LogP contribution in [0.1, 0.15) is 0 Å². The Kier molecular flexibility index (Phi) is 3.68. The summed E-state index contributed by atoms with van der Waals surface area (Å²) < 4.78 is 10.9. The molecule has 7 heteroatoms. The summed E-state index contributed by atoms with van der Waals surface area (Å²) in [5.74, 6) is 1.97. The van der Waals surface area contributed by atoms with Crippen LogP contribution in [-0.2, 0) is 9.59 Å². The standard InChI is InChI=1S/C13H14N2O4S/c16-12-7-20-6-9(15-12)13(17)14-8-1-2-10-11(5-8)19-4-3-18-10/h1-2,5,9H,3-4,6-7H2,(H,14,17)(H,15,16). The number of carbonyl (C=O) groups is 2. The van der Waals surface area contributed by atoms with Gasteiger partial charge in [0.1, 0.15) is 19.3 Å². The Morgan fingerprint density at radius 2 is 2.10 bits per heavy atom. The molecule has 0 spiro atoms. The maximum atomic E-state index is 12.1. The molecule has 2 aliphatic heterocycles. The van der Waals surface area contributed by atoms with Crippen molar-refractivity contribution in [1.29, 1.82) is 0 Å². The highest BCUT2D eigenvalue weighted by molar-refractivity contribution is 8.00. The first-order valence-corrected chi connectivity index (χ1v) is 7.45. The zero-order chi connectivity index (χ0) is 13.9. The van der Waals surface area contributed by atoms with Crippen molar-refractivity contribution in [2.75, 3.05) is 30.0 Å². The van der Waals surface area contributed by atoms with Crippen molar-refractivity contribution in [3.8, 4) is 11.5 Å². The molecule has 2 heterocycles. The predicted molar refractivity (Wildman–Crippen MR) is 75.3 cm³/mol. The third-order valence-electron chi connectivity index (χ3n) is 2.98. The summed E-state index contributed by atoms with van der Waals surface area (Å²) in [5, 5.41) is 5.45. The van der Waals surface area contributed by atoms with Gasteiger partial charge in [-0.25, -0.2) is 0 Å². The molecule has 0 aromatic heterocycles. The summed E-state index contributed by atoms with van der Waals surface area (Å²) in [4.78, 5) is 23.3. The number of fused-ring (bicyclic) bond motifs is 1. The van der Waals surface area contributed by atoms with Gasteiger partial charge in [0, 0.05) is 17.5 Å². The van der Waals surface area contributed by atoms with E-state index in [4.69, 9.17) is 9.47 Å². The largest absolute Gasteiger partial charge is 0.486 e. The fourth-order valence-corrected chi connectivity index (χ4v) is 2.90. The molecule has 0 saturated carbocycles. The van der Waals surface area contributed by atoms with Gasteiger partial charge in [-0.15, -0.1) is 11.8 Å². The maximum Gasteiger partial charge on any atom is 0.247 e. The van der Waals surface area contributed by atoms with Gasteiger partial charge >= 0.3 is 0 Å². The van der Waals surface area contributed by atoms with Crippen LogP contribution in [0.25, 0.3) is 0 Å². The summed E-state index contributed by atoms with van der Waals surface area (Å²) in [7, 11) is 0. The van der Waals surface area contributed by atoms with Crippen molar-refractivity contribution in [1.82, 2.24) is 5.32 Å². The van der Waals surface area contributed by atoms with Crippen LogP contribution in [0.4, 0.5) is 5.69 Å². The SMILES string of the molecule is O=C1CSCC(C(=O)Nc2ccc3c(c2)OCCO3)N1. The van der Waals surface area contributed by atoms with Gasteiger partial charge in [-0.05, 0) is 12.1 Å².